The van der Waals surface area contributed by atoms with E-state index < -0.39 is 0 Å². The number of halogens is 1. The van der Waals surface area contributed by atoms with Gasteiger partial charge in [-0.3, -0.25) is 4.68 Å². The van der Waals surface area contributed by atoms with Gasteiger partial charge in [-0.15, -0.1) is 0 Å². The third-order valence-corrected chi connectivity index (χ3v) is 4.78. The second-order valence-electron chi connectivity index (χ2n) is 5.28. The summed E-state index contributed by atoms with van der Waals surface area (Å²) in [6, 6.07) is 6.56. The standard InChI is InChI=1S/C15H18BrN3/c1-19-15(17)13(9-18-19)11-6-7-12(14(16)8-11)10-4-2-3-5-10/h6-10H,2-5,17H2,1H3. The van der Waals surface area contributed by atoms with E-state index in [0.29, 0.717) is 5.82 Å². The lowest BCUT2D eigenvalue weighted by molar-refractivity contribution is 0.720. The van der Waals surface area contributed by atoms with E-state index in [9.17, 15) is 0 Å². The largest absolute Gasteiger partial charge is 0.383 e. The van der Waals surface area contributed by atoms with Crippen molar-refractivity contribution in [3.05, 3.63) is 34.4 Å². The highest BCUT2D eigenvalue weighted by Crippen LogP contribution is 2.39. The van der Waals surface area contributed by atoms with Crippen LogP contribution in [0, 0.1) is 0 Å². The Balaban J connectivity index is 1.97. The van der Waals surface area contributed by atoms with E-state index in [2.05, 4.69) is 39.2 Å². The fourth-order valence-electron chi connectivity index (χ4n) is 2.93. The van der Waals surface area contributed by atoms with E-state index in [1.165, 1.54) is 35.7 Å². The van der Waals surface area contributed by atoms with Crippen molar-refractivity contribution in [2.75, 3.05) is 5.73 Å². The fourth-order valence-corrected chi connectivity index (χ4v) is 3.63. The van der Waals surface area contributed by atoms with Crippen molar-refractivity contribution < 1.29 is 0 Å². The Hall–Kier alpha value is -1.29. The SMILES string of the molecule is Cn1ncc(-c2ccc(C3CCCC3)c(Br)c2)c1N. The van der Waals surface area contributed by atoms with Gasteiger partial charge in [0.15, 0.2) is 0 Å². The Morgan fingerprint density at radius 3 is 2.63 bits per heavy atom. The van der Waals surface area contributed by atoms with Crippen LogP contribution in [-0.2, 0) is 7.05 Å². The first-order chi connectivity index (χ1) is 9.16. The summed E-state index contributed by atoms with van der Waals surface area (Å²) >= 11 is 3.72. The second-order valence-corrected chi connectivity index (χ2v) is 6.14. The second kappa shape index (κ2) is 5.00. The zero-order valence-corrected chi connectivity index (χ0v) is 12.7. The molecule has 0 atom stereocenters. The zero-order valence-electron chi connectivity index (χ0n) is 11.1. The van der Waals surface area contributed by atoms with Crippen LogP contribution in [0.5, 0.6) is 0 Å². The Morgan fingerprint density at radius 2 is 2.05 bits per heavy atom. The van der Waals surface area contributed by atoms with E-state index >= 15 is 0 Å². The number of nitrogens with zero attached hydrogens (tertiary/aromatic N) is 2. The lowest BCUT2D eigenvalue weighted by Gasteiger charge is -2.13. The molecule has 2 aromatic rings. The zero-order chi connectivity index (χ0) is 13.4. The van der Waals surface area contributed by atoms with Crippen molar-refractivity contribution in [1.82, 2.24) is 9.78 Å². The summed E-state index contributed by atoms with van der Waals surface area (Å²) in [5, 5.41) is 4.20. The molecule has 19 heavy (non-hydrogen) atoms. The Morgan fingerprint density at radius 1 is 1.32 bits per heavy atom. The van der Waals surface area contributed by atoms with E-state index in [-0.39, 0.29) is 0 Å². The molecule has 1 aliphatic rings. The van der Waals surface area contributed by atoms with Crippen LogP contribution in [0.3, 0.4) is 0 Å². The van der Waals surface area contributed by atoms with Crippen LogP contribution in [0.15, 0.2) is 28.9 Å². The summed E-state index contributed by atoms with van der Waals surface area (Å²) in [6.45, 7) is 0. The number of hydrogen-bond donors (Lipinski definition) is 1. The minimum Gasteiger partial charge on any atom is -0.383 e. The fraction of sp³-hybridized carbons (Fsp3) is 0.400. The van der Waals surface area contributed by atoms with Crippen molar-refractivity contribution in [3.8, 4) is 11.1 Å². The van der Waals surface area contributed by atoms with Crippen LogP contribution >= 0.6 is 15.9 Å². The highest BCUT2D eigenvalue weighted by molar-refractivity contribution is 9.10. The number of nitrogen functional groups attached to an aromatic ring is 1. The molecule has 100 valence electrons. The number of rotatable bonds is 2. The van der Waals surface area contributed by atoms with Gasteiger partial charge in [0, 0.05) is 17.1 Å². The number of aromatic nitrogens is 2. The minimum atomic E-state index is 0.709. The van der Waals surface area contributed by atoms with Gasteiger partial charge in [0.2, 0.25) is 0 Å². The van der Waals surface area contributed by atoms with Crippen LogP contribution in [-0.4, -0.2) is 9.78 Å². The van der Waals surface area contributed by atoms with E-state index in [0.717, 1.165) is 17.0 Å². The van der Waals surface area contributed by atoms with Crippen molar-refractivity contribution >= 4 is 21.7 Å². The first kappa shape index (κ1) is 12.7. The van der Waals surface area contributed by atoms with E-state index in [4.69, 9.17) is 5.73 Å². The highest BCUT2D eigenvalue weighted by Gasteiger charge is 2.19. The van der Waals surface area contributed by atoms with Crippen LogP contribution in [0.4, 0.5) is 5.82 Å². The van der Waals surface area contributed by atoms with Gasteiger partial charge in [0.1, 0.15) is 5.82 Å². The van der Waals surface area contributed by atoms with Gasteiger partial charge in [0.05, 0.1) is 6.20 Å². The Labute approximate surface area is 121 Å². The minimum absolute atomic E-state index is 0.709. The van der Waals surface area contributed by atoms with Crippen LogP contribution in [0.25, 0.3) is 11.1 Å². The summed E-state index contributed by atoms with van der Waals surface area (Å²) < 4.78 is 2.90. The summed E-state index contributed by atoms with van der Waals surface area (Å²) in [5.41, 5.74) is 9.59. The maximum absolute atomic E-state index is 6.03. The molecule has 0 spiro atoms. The van der Waals surface area contributed by atoms with Crippen molar-refractivity contribution in [1.29, 1.82) is 0 Å². The molecule has 0 radical (unpaired) electrons. The number of benzene rings is 1. The third-order valence-electron chi connectivity index (χ3n) is 4.09. The first-order valence-corrected chi connectivity index (χ1v) is 7.53. The molecular weight excluding hydrogens is 302 g/mol. The van der Waals surface area contributed by atoms with Crippen molar-refractivity contribution in [2.24, 2.45) is 7.05 Å². The van der Waals surface area contributed by atoms with Gasteiger partial charge >= 0.3 is 0 Å². The molecule has 4 heteroatoms. The van der Waals surface area contributed by atoms with Gasteiger partial charge in [-0.1, -0.05) is 40.9 Å². The lowest BCUT2D eigenvalue weighted by atomic mass is 9.95. The normalized spacial score (nSPS) is 16.1. The Kier molecular flexibility index (Phi) is 3.35. The monoisotopic (exact) mass is 319 g/mol. The molecule has 0 unspecified atom stereocenters. The van der Waals surface area contributed by atoms with Crippen LogP contribution < -0.4 is 5.73 Å². The van der Waals surface area contributed by atoms with E-state index in [1.807, 2.05) is 13.2 Å². The quantitative estimate of drug-likeness (QED) is 0.906. The average molecular weight is 320 g/mol. The molecular formula is C15H18BrN3. The van der Waals surface area contributed by atoms with Gasteiger partial charge in [-0.25, -0.2) is 0 Å². The van der Waals surface area contributed by atoms with Crippen LogP contribution in [0.1, 0.15) is 37.2 Å². The molecule has 0 amide bonds. The number of hydrogen-bond acceptors (Lipinski definition) is 2. The molecule has 1 heterocycles. The molecule has 1 aliphatic carbocycles. The van der Waals surface area contributed by atoms with Crippen LogP contribution in [0.2, 0.25) is 0 Å². The van der Waals surface area contributed by atoms with Gasteiger partial charge in [0.25, 0.3) is 0 Å². The molecule has 0 saturated heterocycles. The van der Waals surface area contributed by atoms with Crippen molar-refractivity contribution in [2.45, 2.75) is 31.6 Å². The van der Waals surface area contributed by atoms with Gasteiger partial charge in [-0.05, 0) is 36.0 Å². The van der Waals surface area contributed by atoms with Gasteiger partial charge in [-0.2, -0.15) is 5.10 Å². The molecule has 1 fully saturated rings. The Bertz CT molecular complexity index is 597. The summed E-state index contributed by atoms with van der Waals surface area (Å²) in [5.74, 6) is 1.43. The smallest absolute Gasteiger partial charge is 0.129 e. The molecule has 0 bridgehead atoms. The highest BCUT2D eigenvalue weighted by atomic mass is 79.9. The molecule has 2 N–H and O–H groups in total. The average Bonchev–Trinajstić information content (AvgIpc) is 3.01. The number of aryl methyl sites for hydroxylation is 1. The number of nitrogens with two attached hydrogens (primary N) is 1. The topological polar surface area (TPSA) is 43.8 Å². The summed E-state index contributed by atoms with van der Waals surface area (Å²) in [7, 11) is 1.86. The number of anilines is 1. The summed E-state index contributed by atoms with van der Waals surface area (Å²) in [4.78, 5) is 0. The molecule has 3 nitrogen and oxygen atoms in total. The maximum atomic E-state index is 6.03. The summed E-state index contributed by atoms with van der Waals surface area (Å²) in [6.07, 6.45) is 7.16. The lowest BCUT2D eigenvalue weighted by Crippen LogP contribution is -1.98. The molecule has 1 saturated carbocycles. The molecule has 1 aromatic heterocycles. The molecule has 3 rings (SSSR count). The maximum Gasteiger partial charge on any atom is 0.129 e. The predicted octanol–water partition coefficient (Wildman–Crippen LogP) is 4.09. The predicted molar refractivity (Wildman–Crippen MR) is 82.0 cm³/mol. The van der Waals surface area contributed by atoms with Crippen molar-refractivity contribution in [3.63, 3.8) is 0 Å². The van der Waals surface area contributed by atoms with E-state index in [1.54, 1.807) is 4.68 Å². The molecule has 1 aromatic carbocycles. The third kappa shape index (κ3) is 2.29. The first-order valence-electron chi connectivity index (χ1n) is 6.74. The van der Waals surface area contributed by atoms with Gasteiger partial charge < -0.3 is 5.73 Å². The molecule has 0 aliphatic heterocycles.